The van der Waals surface area contributed by atoms with Gasteiger partial charge in [0.2, 0.25) is 10.0 Å². The molecule has 0 saturated heterocycles. The predicted molar refractivity (Wildman–Crippen MR) is 55.1 cm³/mol. The van der Waals surface area contributed by atoms with Crippen molar-refractivity contribution in [1.82, 2.24) is 4.72 Å². The van der Waals surface area contributed by atoms with Crippen LogP contribution >= 0.6 is 0 Å². The molecule has 1 aromatic rings. The Morgan fingerprint density at radius 3 is 2.53 bits per heavy atom. The summed E-state index contributed by atoms with van der Waals surface area (Å²) in [6, 6.07) is 6.25. The SMILES string of the molecule is CS(=O)(=O)NCc1ccccc1C(=O)O. The first kappa shape index (κ1) is 11.7. The van der Waals surface area contributed by atoms with E-state index >= 15 is 0 Å². The molecule has 82 valence electrons. The number of carboxylic acid groups (broad SMARTS) is 1. The van der Waals surface area contributed by atoms with Gasteiger partial charge < -0.3 is 5.11 Å². The van der Waals surface area contributed by atoms with Crippen molar-refractivity contribution in [2.75, 3.05) is 6.26 Å². The van der Waals surface area contributed by atoms with Crippen LogP contribution in [-0.4, -0.2) is 25.7 Å². The van der Waals surface area contributed by atoms with Crippen molar-refractivity contribution in [2.45, 2.75) is 6.54 Å². The third kappa shape index (κ3) is 3.69. The first-order valence-corrected chi connectivity index (χ1v) is 6.05. The van der Waals surface area contributed by atoms with Crippen LogP contribution in [0.25, 0.3) is 0 Å². The van der Waals surface area contributed by atoms with Gasteiger partial charge in [-0.3, -0.25) is 0 Å². The normalized spacial score (nSPS) is 11.3. The van der Waals surface area contributed by atoms with E-state index in [1.54, 1.807) is 18.2 Å². The van der Waals surface area contributed by atoms with Crippen LogP contribution in [-0.2, 0) is 16.6 Å². The number of sulfonamides is 1. The molecule has 0 aliphatic heterocycles. The van der Waals surface area contributed by atoms with Gasteiger partial charge in [-0.15, -0.1) is 0 Å². The van der Waals surface area contributed by atoms with Gasteiger partial charge in [0.1, 0.15) is 0 Å². The summed E-state index contributed by atoms with van der Waals surface area (Å²) in [5.74, 6) is -1.07. The maximum atomic E-state index is 10.8. The van der Waals surface area contributed by atoms with Crippen molar-refractivity contribution in [3.63, 3.8) is 0 Å². The minimum absolute atomic E-state index is 0.0126. The zero-order chi connectivity index (χ0) is 11.5. The van der Waals surface area contributed by atoms with Crippen molar-refractivity contribution < 1.29 is 18.3 Å². The van der Waals surface area contributed by atoms with Crippen molar-refractivity contribution in [3.8, 4) is 0 Å². The smallest absolute Gasteiger partial charge is 0.336 e. The maximum absolute atomic E-state index is 10.8. The number of aromatic carboxylic acids is 1. The molecule has 1 rings (SSSR count). The first-order chi connectivity index (χ1) is 6.90. The Morgan fingerprint density at radius 2 is 2.00 bits per heavy atom. The van der Waals surface area contributed by atoms with Gasteiger partial charge in [0.15, 0.2) is 0 Å². The third-order valence-corrected chi connectivity index (χ3v) is 2.44. The maximum Gasteiger partial charge on any atom is 0.336 e. The average molecular weight is 229 g/mol. The van der Waals surface area contributed by atoms with E-state index in [-0.39, 0.29) is 12.1 Å². The van der Waals surface area contributed by atoms with Crippen molar-refractivity contribution in [3.05, 3.63) is 35.4 Å². The summed E-state index contributed by atoms with van der Waals surface area (Å²) in [6.45, 7) is -0.0126. The van der Waals surface area contributed by atoms with Crippen LogP contribution in [0.15, 0.2) is 24.3 Å². The molecule has 0 aliphatic rings. The molecule has 6 heteroatoms. The van der Waals surface area contributed by atoms with Crippen molar-refractivity contribution in [1.29, 1.82) is 0 Å². The molecular formula is C9H11NO4S. The van der Waals surface area contributed by atoms with Crippen LogP contribution in [0.3, 0.4) is 0 Å². The summed E-state index contributed by atoms with van der Waals surface area (Å²) in [4.78, 5) is 10.8. The molecule has 2 N–H and O–H groups in total. The fourth-order valence-electron chi connectivity index (χ4n) is 1.09. The van der Waals surface area contributed by atoms with Crippen LogP contribution in [0.5, 0.6) is 0 Å². The van der Waals surface area contributed by atoms with Gasteiger partial charge in [-0.2, -0.15) is 0 Å². The highest BCUT2D eigenvalue weighted by molar-refractivity contribution is 7.88. The zero-order valence-electron chi connectivity index (χ0n) is 8.10. The van der Waals surface area contributed by atoms with Crippen molar-refractivity contribution >= 4 is 16.0 Å². The molecule has 0 atom stereocenters. The second-order valence-corrected chi connectivity index (χ2v) is 4.89. The Hall–Kier alpha value is -1.40. The fraction of sp³-hybridized carbons (Fsp3) is 0.222. The standard InChI is InChI=1S/C9H11NO4S/c1-15(13,14)10-6-7-4-2-3-5-8(7)9(11)12/h2-5,10H,6H2,1H3,(H,11,12). The Morgan fingerprint density at radius 1 is 1.40 bits per heavy atom. The summed E-state index contributed by atoms with van der Waals surface area (Å²) in [7, 11) is -3.31. The molecule has 0 amide bonds. The van der Waals surface area contributed by atoms with Crippen LogP contribution in [0, 0.1) is 0 Å². The van der Waals surface area contributed by atoms with Gasteiger partial charge in [-0.05, 0) is 11.6 Å². The Labute approximate surface area is 87.8 Å². The number of rotatable bonds is 4. The van der Waals surface area contributed by atoms with Gasteiger partial charge >= 0.3 is 5.97 Å². The van der Waals surface area contributed by atoms with Gasteiger partial charge in [0.25, 0.3) is 0 Å². The summed E-state index contributed by atoms with van der Waals surface area (Å²) >= 11 is 0. The van der Waals surface area contributed by atoms with Gasteiger partial charge in [0, 0.05) is 6.54 Å². The minimum Gasteiger partial charge on any atom is -0.478 e. The number of carbonyl (C=O) groups is 1. The lowest BCUT2D eigenvalue weighted by atomic mass is 10.1. The molecule has 15 heavy (non-hydrogen) atoms. The van der Waals surface area contributed by atoms with Gasteiger partial charge in [-0.25, -0.2) is 17.9 Å². The Balaban J connectivity index is 2.90. The third-order valence-electron chi connectivity index (χ3n) is 1.77. The molecule has 0 fully saturated rings. The number of carboxylic acids is 1. The molecule has 0 heterocycles. The highest BCUT2D eigenvalue weighted by atomic mass is 32.2. The molecule has 0 unspecified atom stereocenters. The molecular weight excluding hydrogens is 218 g/mol. The zero-order valence-corrected chi connectivity index (χ0v) is 8.91. The molecule has 0 aliphatic carbocycles. The minimum atomic E-state index is -3.31. The summed E-state index contributed by atoms with van der Waals surface area (Å²) in [5.41, 5.74) is 0.545. The Bertz CT molecular complexity index is 467. The molecule has 0 saturated carbocycles. The largest absolute Gasteiger partial charge is 0.478 e. The summed E-state index contributed by atoms with van der Waals surface area (Å²) in [5, 5.41) is 8.82. The molecule has 0 radical (unpaired) electrons. The highest BCUT2D eigenvalue weighted by Gasteiger charge is 2.10. The number of benzene rings is 1. The fourth-order valence-corrected chi connectivity index (χ4v) is 1.51. The van der Waals surface area contributed by atoms with Crippen LogP contribution in [0.2, 0.25) is 0 Å². The first-order valence-electron chi connectivity index (χ1n) is 4.16. The van der Waals surface area contributed by atoms with Gasteiger partial charge in [-0.1, -0.05) is 18.2 Å². The number of nitrogens with one attached hydrogen (secondary N) is 1. The van der Waals surface area contributed by atoms with E-state index < -0.39 is 16.0 Å². The Kier molecular flexibility index (Phi) is 3.43. The van der Waals surface area contributed by atoms with Crippen LogP contribution in [0.4, 0.5) is 0 Å². The average Bonchev–Trinajstić information content (AvgIpc) is 2.14. The van der Waals surface area contributed by atoms with E-state index in [1.165, 1.54) is 6.07 Å². The molecule has 0 spiro atoms. The van der Waals surface area contributed by atoms with Gasteiger partial charge in [0.05, 0.1) is 11.8 Å². The number of hydrogen-bond donors (Lipinski definition) is 2. The highest BCUT2D eigenvalue weighted by Crippen LogP contribution is 2.08. The predicted octanol–water partition coefficient (Wildman–Crippen LogP) is 0.434. The summed E-state index contributed by atoms with van der Waals surface area (Å²) < 4.78 is 23.9. The van der Waals surface area contributed by atoms with E-state index in [0.717, 1.165) is 6.26 Å². The molecule has 5 nitrogen and oxygen atoms in total. The molecule has 1 aromatic carbocycles. The molecule has 0 aromatic heterocycles. The monoisotopic (exact) mass is 229 g/mol. The lowest BCUT2D eigenvalue weighted by Crippen LogP contribution is -2.22. The lowest BCUT2D eigenvalue weighted by Gasteiger charge is -2.05. The van der Waals surface area contributed by atoms with E-state index in [0.29, 0.717) is 5.56 Å². The van der Waals surface area contributed by atoms with Crippen LogP contribution < -0.4 is 4.72 Å². The lowest BCUT2D eigenvalue weighted by molar-refractivity contribution is 0.0695. The topological polar surface area (TPSA) is 83.5 Å². The van der Waals surface area contributed by atoms with E-state index in [4.69, 9.17) is 5.11 Å². The quantitative estimate of drug-likeness (QED) is 0.784. The van der Waals surface area contributed by atoms with Crippen LogP contribution in [0.1, 0.15) is 15.9 Å². The van der Waals surface area contributed by atoms with Crippen molar-refractivity contribution in [2.24, 2.45) is 0 Å². The second kappa shape index (κ2) is 4.41. The number of hydrogen-bond acceptors (Lipinski definition) is 3. The second-order valence-electron chi connectivity index (χ2n) is 3.06. The van der Waals surface area contributed by atoms with E-state index in [9.17, 15) is 13.2 Å². The molecule has 0 bridgehead atoms. The van der Waals surface area contributed by atoms with E-state index in [1.807, 2.05) is 0 Å². The van der Waals surface area contributed by atoms with E-state index in [2.05, 4.69) is 4.72 Å². The summed E-state index contributed by atoms with van der Waals surface area (Å²) in [6.07, 6.45) is 1.02.